The van der Waals surface area contributed by atoms with E-state index in [0.29, 0.717) is 5.54 Å². The lowest BCUT2D eigenvalue weighted by Gasteiger charge is -2.40. The molecule has 0 radical (unpaired) electrons. The summed E-state index contributed by atoms with van der Waals surface area (Å²) in [6.45, 7) is 11.5. The Morgan fingerprint density at radius 1 is 1.00 bits per heavy atom. The van der Waals surface area contributed by atoms with Gasteiger partial charge in [-0.15, -0.1) is 0 Å². The molecule has 0 bridgehead atoms. The normalized spacial score (nSPS) is 16.1. The molecule has 0 amide bonds. The molecule has 0 aromatic rings. The molecule has 1 heteroatoms. The lowest BCUT2D eigenvalue weighted by atomic mass is 9.80. The van der Waals surface area contributed by atoms with E-state index in [0.717, 1.165) is 11.8 Å². The van der Waals surface area contributed by atoms with Crippen LogP contribution < -0.4 is 0 Å². The highest BCUT2D eigenvalue weighted by atomic mass is 15.1. The lowest BCUT2D eigenvalue weighted by Crippen LogP contribution is -2.45. The topological polar surface area (TPSA) is 3.24 Å². The third-order valence-corrected chi connectivity index (χ3v) is 3.27. The Balaban J connectivity index is 4.29. The number of hydrogen-bond donors (Lipinski definition) is 0. The largest absolute Gasteiger partial charge is 0.304 e. The first-order valence-corrected chi connectivity index (χ1v) is 4.47. The molecule has 0 rings (SSSR count). The number of rotatable bonds is 3. The molecular weight excluding hydrogens is 134 g/mol. The van der Waals surface area contributed by atoms with E-state index in [1.54, 1.807) is 0 Å². The summed E-state index contributed by atoms with van der Waals surface area (Å²) in [6.07, 6.45) is 0. The van der Waals surface area contributed by atoms with Gasteiger partial charge in [-0.3, -0.25) is 0 Å². The summed E-state index contributed by atoms with van der Waals surface area (Å²) in [4.78, 5) is 2.30. The SMILES string of the molecule is CC(C)[C@@H](C)C(C)(C)N(C)C. The van der Waals surface area contributed by atoms with Gasteiger partial charge in [0.05, 0.1) is 0 Å². The standard InChI is InChI=1S/C10H23N/c1-8(2)9(3)10(4,5)11(6)7/h8-9H,1-7H3/t9-/m1/s1. The monoisotopic (exact) mass is 157 g/mol. The van der Waals surface area contributed by atoms with Crippen LogP contribution >= 0.6 is 0 Å². The molecule has 0 N–H and O–H groups in total. The molecule has 0 saturated heterocycles. The van der Waals surface area contributed by atoms with Gasteiger partial charge in [0, 0.05) is 5.54 Å². The molecule has 0 spiro atoms. The molecular formula is C10H23N. The predicted molar refractivity (Wildman–Crippen MR) is 51.8 cm³/mol. The van der Waals surface area contributed by atoms with E-state index in [2.05, 4.69) is 53.6 Å². The van der Waals surface area contributed by atoms with E-state index < -0.39 is 0 Å². The van der Waals surface area contributed by atoms with E-state index in [4.69, 9.17) is 0 Å². The zero-order chi connectivity index (χ0) is 9.23. The minimum Gasteiger partial charge on any atom is -0.304 e. The fourth-order valence-corrected chi connectivity index (χ4v) is 1.22. The molecule has 0 aromatic carbocycles. The lowest BCUT2D eigenvalue weighted by molar-refractivity contribution is 0.0971. The van der Waals surface area contributed by atoms with E-state index in [1.165, 1.54) is 0 Å². The first-order valence-electron chi connectivity index (χ1n) is 4.47. The Morgan fingerprint density at radius 2 is 1.36 bits per heavy atom. The summed E-state index contributed by atoms with van der Waals surface area (Å²) >= 11 is 0. The molecule has 0 saturated carbocycles. The molecule has 0 aromatic heterocycles. The van der Waals surface area contributed by atoms with Crippen molar-refractivity contribution in [1.82, 2.24) is 4.90 Å². The fourth-order valence-electron chi connectivity index (χ4n) is 1.22. The summed E-state index contributed by atoms with van der Waals surface area (Å²) in [7, 11) is 4.30. The summed E-state index contributed by atoms with van der Waals surface area (Å²) in [5.74, 6) is 1.49. The first kappa shape index (κ1) is 11.0. The molecule has 0 heterocycles. The van der Waals surface area contributed by atoms with Gasteiger partial charge in [0.15, 0.2) is 0 Å². The van der Waals surface area contributed by atoms with E-state index >= 15 is 0 Å². The minimum absolute atomic E-state index is 0.314. The Labute approximate surface area is 71.8 Å². The second-order valence-electron chi connectivity index (χ2n) is 4.58. The molecule has 0 fully saturated rings. The van der Waals surface area contributed by atoms with Gasteiger partial charge in [-0.1, -0.05) is 20.8 Å². The average Bonchev–Trinajstić information content (AvgIpc) is 1.85. The van der Waals surface area contributed by atoms with Gasteiger partial charge in [0.2, 0.25) is 0 Å². The van der Waals surface area contributed by atoms with Crippen LogP contribution in [0.1, 0.15) is 34.6 Å². The molecule has 1 atom stereocenters. The highest BCUT2D eigenvalue weighted by molar-refractivity contribution is 4.84. The summed E-state index contributed by atoms with van der Waals surface area (Å²) in [6, 6.07) is 0. The second kappa shape index (κ2) is 3.57. The van der Waals surface area contributed by atoms with Crippen molar-refractivity contribution in [2.75, 3.05) is 14.1 Å². The van der Waals surface area contributed by atoms with Crippen molar-refractivity contribution >= 4 is 0 Å². The van der Waals surface area contributed by atoms with Crippen molar-refractivity contribution in [2.24, 2.45) is 11.8 Å². The summed E-state index contributed by atoms with van der Waals surface area (Å²) in [5.41, 5.74) is 0.314. The maximum absolute atomic E-state index is 2.32. The fraction of sp³-hybridized carbons (Fsp3) is 1.00. The Kier molecular flexibility index (Phi) is 3.56. The van der Waals surface area contributed by atoms with Gasteiger partial charge in [0.25, 0.3) is 0 Å². The van der Waals surface area contributed by atoms with E-state index in [9.17, 15) is 0 Å². The third kappa shape index (κ3) is 2.48. The molecule has 1 nitrogen and oxygen atoms in total. The molecule has 11 heavy (non-hydrogen) atoms. The van der Waals surface area contributed by atoms with E-state index in [1.807, 2.05) is 0 Å². The maximum atomic E-state index is 2.32. The Morgan fingerprint density at radius 3 is 1.45 bits per heavy atom. The maximum Gasteiger partial charge on any atom is 0.0175 e. The number of hydrogen-bond acceptors (Lipinski definition) is 1. The molecule has 0 aliphatic heterocycles. The molecule has 0 unspecified atom stereocenters. The molecule has 0 aliphatic rings. The highest BCUT2D eigenvalue weighted by Crippen LogP contribution is 2.27. The van der Waals surface area contributed by atoms with Gasteiger partial charge in [-0.25, -0.2) is 0 Å². The minimum atomic E-state index is 0.314. The van der Waals surface area contributed by atoms with Crippen LogP contribution in [0.3, 0.4) is 0 Å². The number of nitrogens with zero attached hydrogens (tertiary/aromatic N) is 1. The molecule has 68 valence electrons. The highest BCUT2D eigenvalue weighted by Gasteiger charge is 2.29. The van der Waals surface area contributed by atoms with Crippen molar-refractivity contribution in [3.05, 3.63) is 0 Å². The Hall–Kier alpha value is -0.0400. The second-order valence-corrected chi connectivity index (χ2v) is 4.58. The zero-order valence-electron chi connectivity index (χ0n) is 9.10. The van der Waals surface area contributed by atoms with Gasteiger partial charge in [-0.2, -0.15) is 0 Å². The van der Waals surface area contributed by atoms with Crippen molar-refractivity contribution in [2.45, 2.75) is 40.2 Å². The van der Waals surface area contributed by atoms with Crippen molar-refractivity contribution < 1.29 is 0 Å². The zero-order valence-corrected chi connectivity index (χ0v) is 9.10. The third-order valence-electron chi connectivity index (χ3n) is 3.27. The van der Waals surface area contributed by atoms with Crippen molar-refractivity contribution in [3.63, 3.8) is 0 Å². The van der Waals surface area contributed by atoms with E-state index in [-0.39, 0.29) is 0 Å². The van der Waals surface area contributed by atoms with Gasteiger partial charge in [0.1, 0.15) is 0 Å². The summed E-state index contributed by atoms with van der Waals surface area (Å²) < 4.78 is 0. The van der Waals surface area contributed by atoms with Gasteiger partial charge >= 0.3 is 0 Å². The van der Waals surface area contributed by atoms with Crippen molar-refractivity contribution in [3.8, 4) is 0 Å². The summed E-state index contributed by atoms with van der Waals surface area (Å²) in [5, 5.41) is 0. The Bertz CT molecular complexity index is 114. The van der Waals surface area contributed by atoms with Crippen LogP contribution in [0.15, 0.2) is 0 Å². The van der Waals surface area contributed by atoms with Crippen LogP contribution in [-0.4, -0.2) is 24.5 Å². The van der Waals surface area contributed by atoms with Gasteiger partial charge in [-0.05, 0) is 39.8 Å². The van der Waals surface area contributed by atoms with Crippen LogP contribution in [0.2, 0.25) is 0 Å². The van der Waals surface area contributed by atoms with Crippen LogP contribution in [0, 0.1) is 11.8 Å². The van der Waals surface area contributed by atoms with Crippen molar-refractivity contribution in [1.29, 1.82) is 0 Å². The average molecular weight is 157 g/mol. The smallest absolute Gasteiger partial charge is 0.0175 e. The van der Waals surface area contributed by atoms with Crippen LogP contribution in [0.25, 0.3) is 0 Å². The quantitative estimate of drug-likeness (QED) is 0.608. The van der Waals surface area contributed by atoms with Crippen LogP contribution in [0.5, 0.6) is 0 Å². The first-order chi connectivity index (χ1) is 4.80. The van der Waals surface area contributed by atoms with Crippen LogP contribution in [0.4, 0.5) is 0 Å². The van der Waals surface area contributed by atoms with Crippen LogP contribution in [-0.2, 0) is 0 Å². The van der Waals surface area contributed by atoms with Gasteiger partial charge < -0.3 is 4.90 Å². The molecule has 0 aliphatic carbocycles. The predicted octanol–water partition coefficient (Wildman–Crippen LogP) is 2.62.